The third-order valence-electron chi connectivity index (χ3n) is 3.64. The Labute approximate surface area is 117 Å². The first-order valence-electron chi connectivity index (χ1n) is 6.67. The van der Waals surface area contributed by atoms with Gasteiger partial charge >= 0.3 is 0 Å². The smallest absolute Gasteiger partial charge is 0.289 e. The Bertz CT molecular complexity index is 511. The quantitative estimate of drug-likeness (QED) is 0.480. The van der Waals surface area contributed by atoms with Crippen molar-refractivity contribution >= 4 is 5.91 Å². The van der Waals surface area contributed by atoms with E-state index < -0.39 is 0 Å². The van der Waals surface area contributed by atoms with Crippen LogP contribution in [0.1, 0.15) is 29.2 Å². The summed E-state index contributed by atoms with van der Waals surface area (Å²) in [5.41, 5.74) is 8.25. The van der Waals surface area contributed by atoms with Gasteiger partial charge < -0.3 is 14.2 Å². The number of rotatable bonds is 4. The van der Waals surface area contributed by atoms with Crippen molar-refractivity contribution in [2.24, 2.45) is 5.11 Å². The lowest BCUT2D eigenvalue weighted by molar-refractivity contribution is 0.0630. The molecule has 108 valence electrons. The molecule has 0 radical (unpaired) electrons. The number of furan rings is 1. The topological polar surface area (TPSA) is 85.5 Å². The second-order valence-corrected chi connectivity index (χ2v) is 5.14. The van der Waals surface area contributed by atoms with E-state index in [4.69, 9.17) is 9.95 Å². The Morgan fingerprint density at radius 2 is 2.20 bits per heavy atom. The van der Waals surface area contributed by atoms with Crippen molar-refractivity contribution in [1.29, 1.82) is 0 Å². The maximum absolute atomic E-state index is 12.3. The van der Waals surface area contributed by atoms with Crippen molar-refractivity contribution in [3.05, 3.63) is 34.1 Å². The second-order valence-electron chi connectivity index (χ2n) is 5.14. The summed E-state index contributed by atoms with van der Waals surface area (Å²) >= 11 is 0. The monoisotopic (exact) mass is 277 g/mol. The fourth-order valence-electron chi connectivity index (χ4n) is 2.42. The molecule has 1 saturated heterocycles. The zero-order valence-electron chi connectivity index (χ0n) is 11.8. The van der Waals surface area contributed by atoms with E-state index in [1.807, 2.05) is 4.90 Å². The van der Waals surface area contributed by atoms with Gasteiger partial charge in [0.25, 0.3) is 5.91 Å². The molecule has 0 aromatic carbocycles. The first-order chi connectivity index (χ1) is 9.61. The maximum atomic E-state index is 12.3. The molecule has 0 spiro atoms. The van der Waals surface area contributed by atoms with Crippen LogP contribution in [0.4, 0.5) is 0 Å². The van der Waals surface area contributed by atoms with Gasteiger partial charge in [-0.3, -0.25) is 4.79 Å². The summed E-state index contributed by atoms with van der Waals surface area (Å²) in [7, 11) is 4.13. The number of likely N-dealkylation sites (tertiary alicyclic amines) is 1. The van der Waals surface area contributed by atoms with E-state index in [9.17, 15) is 4.79 Å². The van der Waals surface area contributed by atoms with Crippen molar-refractivity contribution in [2.75, 3.05) is 27.2 Å². The highest BCUT2D eigenvalue weighted by Gasteiger charge is 2.26. The SMILES string of the molecule is CN(C)C1CCN(C(=O)c2ccc(CN=[N+]=[N-])o2)CC1. The van der Waals surface area contributed by atoms with E-state index in [-0.39, 0.29) is 12.5 Å². The molecule has 0 aliphatic carbocycles. The van der Waals surface area contributed by atoms with E-state index in [1.54, 1.807) is 12.1 Å². The Kier molecular flexibility index (Phi) is 4.65. The predicted octanol–water partition coefficient (Wildman–Crippen LogP) is 2.26. The number of azide groups is 1. The van der Waals surface area contributed by atoms with Gasteiger partial charge in [0.2, 0.25) is 0 Å². The highest BCUT2D eigenvalue weighted by molar-refractivity contribution is 5.91. The van der Waals surface area contributed by atoms with Gasteiger partial charge in [-0.2, -0.15) is 0 Å². The van der Waals surface area contributed by atoms with E-state index in [0.717, 1.165) is 25.9 Å². The van der Waals surface area contributed by atoms with Crippen LogP contribution in [0.3, 0.4) is 0 Å². The summed E-state index contributed by atoms with van der Waals surface area (Å²) in [6.45, 7) is 1.62. The number of carbonyl (C=O) groups excluding carboxylic acids is 1. The summed E-state index contributed by atoms with van der Waals surface area (Å²) in [4.78, 5) is 19.0. The maximum Gasteiger partial charge on any atom is 0.289 e. The van der Waals surface area contributed by atoms with Crippen molar-refractivity contribution in [1.82, 2.24) is 9.80 Å². The lowest BCUT2D eigenvalue weighted by Gasteiger charge is -2.34. The van der Waals surface area contributed by atoms with Crippen LogP contribution in [0.25, 0.3) is 10.4 Å². The molecule has 1 aromatic heterocycles. The van der Waals surface area contributed by atoms with Crippen LogP contribution < -0.4 is 0 Å². The first-order valence-corrected chi connectivity index (χ1v) is 6.67. The highest BCUT2D eigenvalue weighted by Crippen LogP contribution is 2.18. The minimum absolute atomic E-state index is 0.0885. The summed E-state index contributed by atoms with van der Waals surface area (Å²) in [6.07, 6.45) is 1.95. The number of nitrogens with zero attached hydrogens (tertiary/aromatic N) is 5. The molecule has 1 aliphatic rings. The zero-order valence-corrected chi connectivity index (χ0v) is 11.8. The van der Waals surface area contributed by atoms with Gasteiger partial charge in [0, 0.05) is 24.0 Å². The predicted molar refractivity (Wildman–Crippen MR) is 74.2 cm³/mol. The first kappa shape index (κ1) is 14.4. The Morgan fingerprint density at radius 3 is 2.80 bits per heavy atom. The average Bonchev–Trinajstić information content (AvgIpc) is 2.93. The van der Waals surface area contributed by atoms with Crippen molar-refractivity contribution < 1.29 is 9.21 Å². The second kappa shape index (κ2) is 6.45. The van der Waals surface area contributed by atoms with E-state index in [0.29, 0.717) is 17.6 Å². The number of hydrogen-bond acceptors (Lipinski definition) is 4. The van der Waals surface area contributed by atoms with Crippen molar-refractivity contribution in [3.8, 4) is 0 Å². The molecule has 1 aliphatic heterocycles. The van der Waals surface area contributed by atoms with Crippen LogP contribution in [0.15, 0.2) is 21.7 Å². The minimum atomic E-state index is -0.0885. The zero-order chi connectivity index (χ0) is 14.5. The minimum Gasteiger partial charge on any atom is -0.456 e. The molecule has 0 bridgehead atoms. The molecule has 1 aromatic rings. The van der Waals surface area contributed by atoms with Crippen LogP contribution in [-0.4, -0.2) is 48.9 Å². The molecular formula is C13H19N5O2. The number of piperidine rings is 1. The van der Waals surface area contributed by atoms with Gasteiger partial charge in [0.05, 0.1) is 6.54 Å². The van der Waals surface area contributed by atoms with E-state index in [1.165, 1.54) is 0 Å². The molecule has 20 heavy (non-hydrogen) atoms. The van der Waals surface area contributed by atoms with Gasteiger partial charge in [0.15, 0.2) is 5.76 Å². The number of amides is 1. The van der Waals surface area contributed by atoms with Gasteiger partial charge in [-0.1, -0.05) is 5.11 Å². The molecule has 7 heteroatoms. The summed E-state index contributed by atoms with van der Waals surface area (Å²) in [5.74, 6) is 0.736. The van der Waals surface area contributed by atoms with Crippen LogP contribution in [0.5, 0.6) is 0 Å². The normalized spacial score (nSPS) is 16.2. The number of hydrogen-bond donors (Lipinski definition) is 0. The molecule has 0 atom stereocenters. The van der Waals surface area contributed by atoms with Gasteiger partial charge in [-0.05, 0) is 44.6 Å². The molecule has 0 N–H and O–H groups in total. The fraction of sp³-hybridized carbons (Fsp3) is 0.615. The van der Waals surface area contributed by atoms with Gasteiger partial charge in [-0.15, -0.1) is 0 Å². The van der Waals surface area contributed by atoms with E-state index >= 15 is 0 Å². The summed E-state index contributed by atoms with van der Waals surface area (Å²) in [5, 5.41) is 3.41. The molecule has 0 unspecified atom stereocenters. The highest BCUT2D eigenvalue weighted by atomic mass is 16.4. The standard InChI is InChI=1S/C13H19N5O2/c1-17(2)10-5-7-18(8-6-10)13(19)12-4-3-11(20-12)9-15-16-14/h3-4,10H,5-9H2,1-2H3. The molecule has 7 nitrogen and oxygen atoms in total. The molecule has 1 amide bonds. The average molecular weight is 277 g/mol. The van der Waals surface area contributed by atoms with Crippen LogP contribution in [0.2, 0.25) is 0 Å². The summed E-state index contributed by atoms with van der Waals surface area (Å²) < 4.78 is 5.41. The van der Waals surface area contributed by atoms with Gasteiger partial charge in [-0.25, -0.2) is 0 Å². The molecule has 2 rings (SSSR count). The molecule has 0 saturated carbocycles. The third kappa shape index (κ3) is 3.31. The Balaban J connectivity index is 1.95. The van der Waals surface area contributed by atoms with Crippen LogP contribution in [0, 0.1) is 0 Å². The molecular weight excluding hydrogens is 258 g/mol. The van der Waals surface area contributed by atoms with Crippen LogP contribution in [-0.2, 0) is 6.54 Å². The summed E-state index contributed by atoms with van der Waals surface area (Å²) in [6, 6.07) is 3.85. The van der Waals surface area contributed by atoms with Crippen LogP contribution >= 0.6 is 0 Å². The van der Waals surface area contributed by atoms with Crippen molar-refractivity contribution in [3.63, 3.8) is 0 Å². The molecule has 2 heterocycles. The molecule has 1 fully saturated rings. The Morgan fingerprint density at radius 1 is 1.50 bits per heavy atom. The number of carbonyl (C=O) groups is 1. The largest absolute Gasteiger partial charge is 0.456 e. The lowest BCUT2D eigenvalue weighted by Crippen LogP contribution is -2.44. The van der Waals surface area contributed by atoms with Crippen molar-refractivity contribution in [2.45, 2.75) is 25.4 Å². The third-order valence-corrected chi connectivity index (χ3v) is 3.64. The lowest BCUT2D eigenvalue weighted by atomic mass is 10.0. The van der Waals surface area contributed by atoms with E-state index in [2.05, 4.69) is 29.0 Å². The Hall–Kier alpha value is -1.98. The van der Waals surface area contributed by atoms with Gasteiger partial charge in [0.1, 0.15) is 5.76 Å². The fourth-order valence-corrected chi connectivity index (χ4v) is 2.42.